The summed E-state index contributed by atoms with van der Waals surface area (Å²) in [6.07, 6.45) is 2.45. The molecule has 4 heteroatoms. The second kappa shape index (κ2) is 6.73. The van der Waals surface area contributed by atoms with Gasteiger partial charge in [-0.15, -0.1) is 0 Å². The lowest BCUT2D eigenvalue weighted by atomic mass is 10.1. The topological polar surface area (TPSA) is 32.5 Å². The maximum Gasteiger partial charge on any atom is 0.0461 e. The Morgan fingerprint density at radius 1 is 1.37 bits per heavy atom. The van der Waals surface area contributed by atoms with Gasteiger partial charge >= 0.3 is 0 Å². The third kappa shape index (κ3) is 3.94. The van der Waals surface area contributed by atoms with Gasteiger partial charge in [-0.05, 0) is 60.1 Å². The summed E-state index contributed by atoms with van der Waals surface area (Å²) in [5, 5.41) is 0. The van der Waals surface area contributed by atoms with Crippen LogP contribution in [0.1, 0.15) is 25.3 Å². The Balaban J connectivity index is 2.08. The molecule has 0 bridgehead atoms. The van der Waals surface area contributed by atoms with E-state index < -0.39 is 0 Å². The van der Waals surface area contributed by atoms with E-state index in [1.54, 1.807) is 0 Å². The molecule has 0 radical (unpaired) electrons. The number of rotatable bonds is 3. The van der Waals surface area contributed by atoms with Gasteiger partial charge in [0.25, 0.3) is 0 Å². The molecule has 0 saturated carbocycles. The molecule has 2 rings (SSSR count). The lowest BCUT2D eigenvalue weighted by molar-refractivity contribution is 0.176. The van der Waals surface area contributed by atoms with E-state index >= 15 is 0 Å². The zero-order valence-corrected chi connectivity index (χ0v) is 13.5. The van der Waals surface area contributed by atoms with Crippen LogP contribution in [0.25, 0.3) is 0 Å². The van der Waals surface area contributed by atoms with Crippen LogP contribution in [0.3, 0.4) is 0 Å². The Bertz CT molecular complexity index is 422. The Morgan fingerprint density at radius 2 is 2.16 bits per heavy atom. The molecular formula is C15H24BrN3. The number of benzene rings is 1. The van der Waals surface area contributed by atoms with Gasteiger partial charge in [-0.2, -0.15) is 0 Å². The van der Waals surface area contributed by atoms with Crippen LogP contribution in [-0.2, 0) is 6.54 Å². The summed E-state index contributed by atoms with van der Waals surface area (Å²) >= 11 is 3.46. The summed E-state index contributed by atoms with van der Waals surface area (Å²) in [5.41, 5.74) is 8.11. The molecule has 2 N–H and O–H groups in total. The Kier molecular flexibility index (Phi) is 5.25. The van der Waals surface area contributed by atoms with Crippen molar-refractivity contribution >= 4 is 21.6 Å². The predicted molar refractivity (Wildman–Crippen MR) is 85.2 cm³/mol. The molecule has 1 heterocycles. The van der Waals surface area contributed by atoms with E-state index in [9.17, 15) is 0 Å². The molecule has 19 heavy (non-hydrogen) atoms. The minimum atomic E-state index is 0.650. The van der Waals surface area contributed by atoms with Crippen LogP contribution in [-0.4, -0.2) is 42.5 Å². The zero-order valence-electron chi connectivity index (χ0n) is 11.9. The van der Waals surface area contributed by atoms with Crippen molar-refractivity contribution in [2.45, 2.75) is 32.4 Å². The van der Waals surface area contributed by atoms with E-state index in [2.05, 4.69) is 57.9 Å². The largest absolute Gasteiger partial charge is 0.398 e. The van der Waals surface area contributed by atoms with Crippen molar-refractivity contribution in [1.29, 1.82) is 0 Å². The fourth-order valence-electron chi connectivity index (χ4n) is 2.81. The monoisotopic (exact) mass is 325 g/mol. The molecule has 1 unspecified atom stereocenters. The highest BCUT2D eigenvalue weighted by atomic mass is 79.9. The molecular weight excluding hydrogens is 302 g/mol. The van der Waals surface area contributed by atoms with Crippen molar-refractivity contribution in [2.24, 2.45) is 0 Å². The number of nitrogen functional groups attached to an aromatic ring is 1. The van der Waals surface area contributed by atoms with Gasteiger partial charge in [0, 0.05) is 35.8 Å². The smallest absolute Gasteiger partial charge is 0.0461 e. The fraction of sp³-hybridized carbons (Fsp3) is 0.600. The van der Waals surface area contributed by atoms with Crippen LogP contribution < -0.4 is 5.73 Å². The zero-order chi connectivity index (χ0) is 13.8. The van der Waals surface area contributed by atoms with Crippen molar-refractivity contribution in [1.82, 2.24) is 9.80 Å². The van der Waals surface area contributed by atoms with E-state index in [-0.39, 0.29) is 0 Å². The van der Waals surface area contributed by atoms with Gasteiger partial charge in [-0.1, -0.05) is 13.0 Å². The molecule has 106 valence electrons. The number of hydrogen-bond acceptors (Lipinski definition) is 3. The second-order valence-corrected chi connectivity index (χ2v) is 6.36. The molecule has 1 fully saturated rings. The van der Waals surface area contributed by atoms with Crippen molar-refractivity contribution in [2.75, 3.05) is 32.4 Å². The summed E-state index contributed by atoms with van der Waals surface area (Å²) in [4.78, 5) is 5.05. The third-order valence-corrected chi connectivity index (χ3v) is 4.66. The molecule has 1 aliphatic rings. The lowest BCUT2D eigenvalue weighted by Gasteiger charge is -2.30. The van der Waals surface area contributed by atoms with E-state index in [0.717, 1.165) is 16.7 Å². The van der Waals surface area contributed by atoms with Crippen molar-refractivity contribution in [3.8, 4) is 0 Å². The average Bonchev–Trinajstić information content (AvgIpc) is 2.56. The first-order valence-corrected chi connectivity index (χ1v) is 7.86. The van der Waals surface area contributed by atoms with Gasteiger partial charge in [0.05, 0.1) is 0 Å². The standard InChI is InChI=1S/C15H24BrN3/c1-3-13-11-18(2)7-4-8-19(13)10-12-5-6-14(16)15(17)9-12/h5-6,9,13H,3-4,7-8,10-11,17H2,1-2H3. The minimum absolute atomic E-state index is 0.650. The van der Waals surface area contributed by atoms with Gasteiger partial charge < -0.3 is 10.6 Å². The summed E-state index contributed by atoms with van der Waals surface area (Å²) < 4.78 is 0.985. The number of nitrogens with zero attached hydrogens (tertiary/aromatic N) is 2. The highest BCUT2D eigenvalue weighted by molar-refractivity contribution is 9.10. The molecule has 1 aliphatic heterocycles. The van der Waals surface area contributed by atoms with Crippen LogP contribution >= 0.6 is 15.9 Å². The van der Waals surface area contributed by atoms with Gasteiger partial charge in [0.15, 0.2) is 0 Å². The second-order valence-electron chi connectivity index (χ2n) is 5.50. The first kappa shape index (κ1) is 14.8. The quantitative estimate of drug-likeness (QED) is 0.867. The lowest BCUT2D eigenvalue weighted by Crippen LogP contribution is -2.39. The van der Waals surface area contributed by atoms with Gasteiger partial charge in [0.1, 0.15) is 0 Å². The number of nitrogens with two attached hydrogens (primary N) is 1. The third-order valence-electron chi connectivity index (χ3n) is 3.94. The molecule has 1 aromatic rings. The summed E-state index contributed by atoms with van der Waals surface area (Å²) in [6.45, 7) is 6.84. The van der Waals surface area contributed by atoms with Crippen LogP contribution in [0.2, 0.25) is 0 Å². The first-order chi connectivity index (χ1) is 9.10. The van der Waals surface area contributed by atoms with E-state index in [1.807, 2.05) is 0 Å². The molecule has 1 saturated heterocycles. The molecule has 0 spiro atoms. The number of likely N-dealkylation sites (N-methyl/N-ethyl adjacent to an activating group) is 1. The van der Waals surface area contributed by atoms with Crippen LogP contribution in [0.4, 0.5) is 5.69 Å². The first-order valence-electron chi connectivity index (χ1n) is 7.06. The van der Waals surface area contributed by atoms with Crippen LogP contribution in [0, 0.1) is 0 Å². The summed E-state index contributed by atoms with van der Waals surface area (Å²) in [5.74, 6) is 0. The maximum absolute atomic E-state index is 5.97. The van der Waals surface area contributed by atoms with Gasteiger partial charge in [-0.25, -0.2) is 0 Å². The predicted octanol–water partition coefficient (Wildman–Crippen LogP) is 2.95. The summed E-state index contributed by atoms with van der Waals surface area (Å²) in [6, 6.07) is 6.96. The average molecular weight is 326 g/mol. The minimum Gasteiger partial charge on any atom is -0.398 e. The fourth-order valence-corrected chi connectivity index (χ4v) is 3.06. The normalized spacial score (nSPS) is 22.4. The van der Waals surface area contributed by atoms with Crippen molar-refractivity contribution < 1.29 is 0 Å². The van der Waals surface area contributed by atoms with Crippen molar-refractivity contribution in [3.63, 3.8) is 0 Å². The maximum atomic E-state index is 5.97. The number of hydrogen-bond donors (Lipinski definition) is 1. The van der Waals surface area contributed by atoms with Crippen molar-refractivity contribution in [3.05, 3.63) is 28.2 Å². The van der Waals surface area contributed by atoms with E-state index in [4.69, 9.17) is 5.73 Å². The molecule has 1 atom stereocenters. The molecule has 0 aromatic heterocycles. The number of halogens is 1. The van der Waals surface area contributed by atoms with Gasteiger partial charge in [0.2, 0.25) is 0 Å². The Morgan fingerprint density at radius 3 is 2.84 bits per heavy atom. The molecule has 0 amide bonds. The van der Waals surface area contributed by atoms with E-state index in [1.165, 1.54) is 38.0 Å². The van der Waals surface area contributed by atoms with Gasteiger partial charge in [-0.3, -0.25) is 4.90 Å². The highest BCUT2D eigenvalue weighted by Crippen LogP contribution is 2.22. The molecule has 1 aromatic carbocycles. The molecule has 0 aliphatic carbocycles. The molecule has 3 nitrogen and oxygen atoms in total. The Labute approximate surface area is 124 Å². The SMILES string of the molecule is CCC1CN(C)CCCN1Cc1ccc(Br)c(N)c1. The summed E-state index contributed by atoms with van der Waals surface area (Å²) in [7, 11) is 2.23. The van der Waals surface area contributed by atoms with E-state index in [0.29, 0.717) is 6.04 Å². The van der Waals surface area contributed by atoms with Crippen LogP contribution in [0.15, 0.2) is 22.7 Å². The Hall–Kier alpha value is -0.580. The highest BCUT2D eigenvalue weighted by Gasteiger charge is 2.21. The van der Waals surface area contributed by atoms with Crippen LogP contribution in [0.5, 0.6) is 0 Å². The number of anilines is 1.